The molecule has 16 heavy (non-hydrogen) atoms. The monoisotopic (exact) mass is 298 g/mol. The van der Waals surface area contributed by atoms with Crippen LogP contribution >= 0.6 is 27.7 Å². The Morgan fingerprint density at radius 3 is 2.81 bits per heavy atom. The topological polar surface area (TPSA) is 35.8 Å². The third-order valence-corrected chi connectivity index (χ3v) is 3.45. The van der Waals surface area contributed by atoms with Gasteiger partial charge in [0.25, 0.3) is 0 Å². The molecule has 1 aromatic rings. The second-order valence-corrected chi connectivity index (χ2v) is 5.37. The Labute approximate surface area is 110 Å². The lowest BCUT2D eigenvalue weighted by atomic mass is 10.2. The highest BCUT2D eigenvalue weighted by molar-refractivity contribution is 9.10. The van der Waals surface area contributed by atoms with Crippen LogP contribution in [-0.2, 0) is 0 Å². The van der Waals surface area contributed by atoms with Crippen LogP contribution in [0.5, 0.6) is 0 Å². The number of nitrogens with zero attached hydrogens (tertiary/aromatic N) is 1. The van der Waals surface area contributed by atoms with Gasteiger partial charge in [0.15, 0.2) is 0 Å². The molecule has 0 radical (unpaired) electrons. The smallest absolute Gasteiger partial charge is 0.0992 e. The van der Waals surface area contributed by atoms with E-state index in [0.717, 1.165) is 22.3 Å². The number of nitriles is 1. The average molecular weight is 299 g/mol. The minimum atomic E-state index is 0.454. The summed E-state index contributed by atoms with van der Waals surface area (Å²) in [6.45, 7) is 2.16. The van der Waals surface area contributed by atoms with E-state index in [1.54, 1.807) is 0 Å². The number of nitrogens with one attached hydrogen (secondary N) is 1. The molecule has 0 heterocycles. The Bertz CT molecular complexity index is 387. The first-order valence-electron chi connectivity index (χ1n) is 5.15. The maximum absolute atomic E-state index is 8.88. The Morgan fingerprint density at radius 1 is 1.50 bits per heavy atom. The summed E-state index contributed by atoms with van der Waals surface area (Å²) in [5, 5.41) is 12.3. The Morgan fingerprint density at radius 2 is 2.25 bits per heavy atom. The summed E-state index contributed by atoms with van der Waals surface area (Å²) in [7, 11) is 0. The maximum atomic E-state index is 8.88. The van der Waals surface area contributed by atoms with Crippen LogP contribution in [0, 0.1) is 11.3 Å². The largest absolute Gasteiger partial charge is 0.381 e. The molecule has 1 rings (SSSR count). The van der Waals surface area contributed by atoms with Gasteiger partial charge in [-0.3, -0.25) is 0 Å². The summed E-state index contributed by atoms with van der Waals surface area (Å²) in [5.74, 6) is 1.07. The van der Waals surface area contributed by atoms with Gasteiger partial charge >= 0.3 is 0 Å². The molecule has 86 valence electrons. The van der Waals surface area contributed by atoms with E-state index in [2.05, 4.69) is 40.5 Å². The van der Waals surface area contributed by atoms with Crippen LogP contribution in [0.1, 0.15) is 18.9 Å². The van der Waals surface area contributed by atoms with Crippen molar-refractivity contribution in [2.24, 2.45) is 0 Å². The van der Waals surface area contributed by atoms with Crippen molar-refractivity contribution in [3.8, 4) is 6.07 Å². The molecule has 0 spiro atoms. The molecule has 1 aromatic carbocycles. The Hall–Kier alpha value is -0.660. The van der Waals surface area contributed by atoms with E-state index in [9.17, 15) is 0 Å². The van der Waals surface area contributed by atoms with E-state index in [1.165, 1.54) is 0 Å². The molecule has 0 amide bonds. The van der Waals surface area contributed by atoms with Gasteiger partial charge in [-0.1, -0.05) is 22.9 Å². The summed E-state index contributed by atoms with van der Waals surface area (Å²) in [5.41, 5.74) is 1.68. The van der Waals surface area contributed by atoms with Crippen LogP contribution in [0.15, 0.2) is 22.7 Å². The van der Waals surface area contributed by atoms with E-state index in [1.807, 2.05) is 30.0 Å². The second kappa shape index (κ2) is 6.82. The van der Waals surface area contributed by atoms with Gasteiger partial charge < -0.3 is 5.32 Å². The van der Waals surface area contributed by atoms with Crippen LogP contribution in [0.4, 0.5) is 5.69 Å². The minimum Gasteiger partial charge on any atom is -0.381 e. The third-order valence-electron chi connectivity index (χ3n) is 2.26. The van der Waals surface area contributed by atoms with Crippen LogP contribution in [0.3, 0.4) is 0 Å². The van der Waals surface area contributed by atoms with E-state index < -0.39 is 0 Å². The molecule has 0 aliphatic heterocycles. The van der Waals surface area contributed by atoms with Crippen molar-refractivity contribution < 1.29 is 0 Å². The first-order chi connectivity index (χ1) is 7.69. The lowest BCUT2D eigenvalue weighted by Crippen LogP contribution is -2.21. The predicted octanol–water partition coefficient (Wildman–Crippen LogP) is 3.87. The molecule has 0 saturated carbocycles. The lowest BCUT2D eigenvalue weighted by molar-refractivity contribution is 0.775. The van der Waals surface area contributed by atoms with Crippen LogP contribution in [0.25, 0.3) is 0 Å². The van der Waals surface area contributed by atoms with Gasteiger partial charge in [-0.2, -0.15) is 17.0 Å². The van der Waals surface area contributed by atoms with E-state index in [-0.39, 0.29) is 0 Å². The van der Waals surface area contributed by atoms with E-state index in [4.69, 9.17) is 5.26 Å². The second-order valence-electron chi connectivity index (χ2n) is 3.55. The number of hydrogen-bond acceptors (Lipinski definition) is 3. The summed E-state index contributed by atoms with van der Waals surface area (Å²) < 4.78 is 0.938. The number of halogens is 1. The number of benzene rings is 1. The highest BCUT2D eigenvalue weighted by Crippen LogP contribution is 2.20. The van der Waals surface area contributed by atoms with Gasteiger partial charge in [-0.15, -0.1) is 0 Å². The van der Waals surface area contributed by atoms with Gasteiger partial charge in [0.05, 0.1) is 11.6 Å². The number of anilines is 1. The van der Waals surface area contributed by atoms with Crippen LogP contribution < -0.4 is 5.32 Å². The summed E-state index contributed by atoms with van der Waals surface area (Å²) >= 11 is 5.24. The van der Waals surface area contributed by atoms with E-state index >= 15 is 0 Å². The van der Waals surface area contributed by atoms with Crippen molar-refractivity contribution in [3.63, 3.8) is 0 Å². The van der Waals surface area contributed by atoms with Gasteiger partial charge in [-0.05, 0) is 30.9 Å². The number of hydrogen-bond donors (Lipinski definition) is 1. The quantitative estimate of drug-likeness (QED) is 0.896. The molecule has 4 heteroatoms. The van der Waals surface area contributed by atoms with Crippen molar-refractivity contribution in [3.05, 3.63) is 28.2 Å². The highest BCUT2D eigenvalue weighted by atomic mass is 79.9. The average Bonchev–Trinajstić information content (AvgIpc) is 2.27. The number of rotatable bonds is 5. The third kappa shape index (κ3) is 4.07. The van der Waals surface area contributed by atoms with Gasteiger partial charge in [0.1, 0.15) is 0 Å². The molecular formula is C12H15BrN2S. The fraction of sp³-hybridized carbons (Fsp3) is 0.417. The summed E-state index contributed by atoms with van der Waals surface area (Å²) in [4.78, 5) is 0. The van der Waals surface area contributed by atoms with Gasteiger partial charge in [0, 0.05) is 22.0 Å². The van der Waals surface area contributed by atoms with E-state index in [0.29, 0.717) is 11.6 Å². The van der Waals surface area contributed by atoms with Crippen LogP contribution in [0.2, 0.25) is 0 Å². The zero-order valence-corrected chi connectivity index (χ0v) is 11.9. The molecule has 0 saturated heterocycles. The fourth-order valence-electron chi connectivity index (χ4n) is 1.44. The number of thioether (sulfide) groups is 1. The normalized spacial score (nSPS) is 11.9. The van der Waals surface area contributed by atoms with Crippen molar-refractivity contribution in [2.75, 3.05) is 17.3 Å². The molecule has 0 fully saturated rings. The molecular weight excluding hydrogens is 284 g/mol. The molecule has 0 aliphatic carbocycles. The SMILES string of the molecule is CCC(CSC)Nc1cc(Br)cc(C#N)c1. The molecule has 2 nitrogen and oxygen atoms in total. The van der Waals surface area contributed by atoms with Gasteiger partial charge in [-0.25, -0.2) is 0 Å². The fourth-order valence-corrected chi connectivity index (χ4v) is 2.65. The summed E-state index contributed by atoms with van der Waals surface area (Å²) in [6, 6.07) is 8.32. The molecule has 0 aromatic heterocycles. The Kier molecular flexibility index (Phi) is 5.72. The van der Waals surface area contributed by atoms with Crippen molar-refractivity contribution in [1.29, 1.82) is 5.26 Å². The Balaban J connectivity index is 2.80. The predicted molar refractivity (Wildman–Crippen MR) is 74.9 cm³/mol. The molecule has 1 atom stereocenters. The van der Waals surface area contributed by atoms with Crippen molar-refractivity contribution in [1.82, 2.24) is 0 Å². The molecule has 0 aliphatic rings. The first-order valence-corrected chi connectivity index (χ1v) is 7.34. The zero-order chi connectivity index (χ0) is 12.0. The van der Waals surface area contributed by atoms with Crippen molar-refractivity contribution >= 4 is 33.4 Å². The first kappa shape index (κ1) is 13.4. The van der Waals surface area contributed by atoms with Crippen LogP contribution in [-0.4, -0.2) is 18.1 Å². The zero-order valence-electron chi connectivity index (χ0n) is 9.46. The molecule has 0 bridgehead atoms. The standard InChI is InChI=1S/C12H15BrN2S/c1-3-11(8-16-2)15-12-5-9(7-14)4-10(13)6-12/h4-6,11,15H,3,8H2,1-2H3. The van der Waals surface area contributed by atoms with Crippen molar-refractivity contribution in [2.45, 2.75) is 19.4 Å². The highest BCUT2D eigenvalue weighted by Gasteiger charge is 2.06. The lowest BCUT2D eigenvalue weighted by Gasteiger charge is -2.17. The van der Waals surface area contributed by atoms with Gasteiger partial charge in [0.2, 0.25) is 0 Å². The molecule has 1 N–H and O–H groups in total. The minimum absolute atomic E-state index is 0.454. The summed E-state index contributed by atoms with van der Waals surface area (Å²) in [6.07, 6.45) is 3.18. The molecule has 1 unspecified atom stereocenters. The maximum Gasteiger partial charge on any atom is 0.0992 e.